The average Bonchev–Trinajstić information content (AvgIpc) is 3.31. The fourth-order valence-electron chi connectivity index (χ4n) is 4.21. The molecule has 0 aliphatic rings. The van der Waals surface area contributed by atoms with Crippen LogP contribution in [0.4, 0.5) is 10.6 Å². The van der Waals surface area contributed by atoms with Crippen molar-refractivity contribution in [2.45, 2.75) is 33.7 Å². The Bertz CT molecular complexity index is 1350. The number of amides is 3. The van der Waals surface area contributed by atoms with Crippen molar-refractivity contribution in [1.82, 2.24) is 20.0 Å². The Hall–Kier alpha value is -4.39. The molecule has 0 atom stereocenters. The first kappa shape index (κ1) is 25.7. The third-order valence-corrected chi connectivity index (χ3v) is 6.03. The maximum atomic E-state index is 13.2. The number of carbonyl (C=O) groups excluding carboxylic acids is 2. The lowest BCUT2D eigenvalue weighted by atomic mass is 10.1. The second kappa shape index (κ2) is 12.0. The Morgan fingerprint density at radius 2 is 1.62 bits per heavy atom. The Kier molecular flexibility index (Phi) is 8.36. The van der Waals surface area contributed by atoms with Gasteiger partial charge in [0.05, 0.1) is 11.4 Å². The summed E-state index contributed by atoms with van der Waals surface area (Å²) < 4.78 is 1.76. The van der Waals surface area contributed by atoms with Crippen LogP contribution >= 0.6 is 0 Å². The van der Waals surface area contributed by atoms with Gasteiger partial charge in [-0.2, -0.15) is 5.10 Å². The van der Waals surface area contributed by atoms with E-state index < -0.39 is 0 Å². The van der Waals surface area contributed by atoms with Crippen LogP contribution in [-0.4, -0.2) is 39.7 Å². The molecule has 0 unspecified atom stereocenters. The summed E-state index contributed by atoms with van der Waals surface area (Å²) in [6.45, 7) is 6.87. The fourth-order valence-corrected chi connectivity index (χ4v) is 4.21. The second-order valence-electron chi connectivity index (χ2n) is 9.10. The smallest absolute Gasteiger partial charge is 0.318 e. The molecular weight excluding hydrogens is 462 g/mol. The molecule has 190 valence electrons. The number of hydrogen-bond donors (Lipinski definition) is 2. The normalized spacial score (nSPS) is 10.7. The van der Waals surface area contributed by atoms with E-state index in [1.165, 1.54) is 4.90 Å². The van der Waals surface area contributed by atoms with Gasteiger partial charge < -0.3 is 15.5 Å². The van der Waals surface area contributed by atoms with Crippen LogP contribution < -0.4 is 10.6 Å². The predicted molar refractivity (Wildman–Crippen MR) is 148 cm³/mol. The predicted octanol–water partition coefficient (Wildman–Crippen LogP) is 5.72. The molecule has 0 aliphatic carbocycles. The number of nitrogens with one attached hydrogen (secondary N) is 2. The maximum absolute atomic E-state index is 13.2. The summed E-state index contributed by atoms with van der Waals surface area (Å²) in [5, 5.41) is 10.7. The highest BCUT2D eigenvalue weighted by atomic mass is 16.2. The molecule has 3 aromatic carbocycles. The van der Waals surface area contributed by atoms with E-state index in [0.29, 0.717) is 18.9 Å². The molecule has 0 radical (unpaired) electrons. The molecule has 0 fully saturated rings. The van der Waals surface area contributed by atoms with Crippen LogP contribution in [0.5, 0.6) is 0 Å². The Morgan fingerprint density at radius 3 is 2.30 bits per heavy atom. The molecule has 1 heterocycles. The standard InChI is InChI=1S/C30H33N5O2/c1-4-17-34(30(37)31-20-24-11-7-5-8-12-24)21-29(36)32-28-19-26(25-13-9-6-10-14-25)33-35(28)27-16-15-22(2)18-23(27)3/h5-16,18-19H,4,17,20-21H2,1-3H3,(H,31,37)(H,32,36). The van der Waals surface area contributed by atoms with E-state index in [9.17, 15) is 9.59 Å². The first-order valence-electron chi connectivity index (χ1n) is 12.5. The molecule has 0 saturated heterocycles. The zero-order chi connectivity index (χ0) is 26.2. The summed E-state index contributed by atoms with van der Waals surface area (Å²) in [5.41, 5.74) is 5.79. The Balaban J connectivity index is 1.54. The molecule has 2 N–H and O–H groups in total. The molecular formula is C30H33N5O2. The summed E-state index contributed by atoms with van der Waals surface area (Å²) >= 11 is 0. The van der Waals surface area contributed by atoms with Gasteiger partial charge in [-0.3, -0.25) is 4.79 Å². The highest BCUT2D eigenvalue weighted by Crippen LogP contribution is 2.26. The van der Waals surface area contributed by atoms with Crippen LogP contribution in [-0.2, 0) is 11.3 Å². The van der Waals surface area contributed by atoms with Gasteiger partial charge in [0.2, 0.25) is 5.91 Å². The number of aromatic nitrogens is 2. The number of aryl methyl sites for hydroxylation is 2. The first-order chi connectivity index (χ1) is 17.9. The third-order valence-electron chi connectivity index (χ3n) is 6.03. The van der Waals surface area contributed by atoms with E-state index in [0.717, 1.165) is 40.1 Å². The van der Waals surface area contributed by atoms with Gasteiger partial charge in [0.1, 0.15) is 12.4 Å². The molecule has 3 amide bonds. The Labute approximate surface area is 218 Å². The fraction of sp³-hybridized carbons (Fsp3) is 0.233. The van der Waals surface area contributed by atoms with Crippen molar-refractivity contribution in [3.8, 4) is 16.9 Å². The number of benzene rings is 3. The van der Waals surface area contributed by atoms with Crippen molar-refractivity contribution in [1.29, 1.82) is 0 Å². The molecule has 37 heavy (non-hydrogen) atoms. The van der Waals surface area contributed by atoms with Crippen LogP contribution in [0.3, 0.4) is 0 Å². The molecule has 0 spiro atoms. The van der Waals surface area contributed by atoms with Gasteiger partial charge in [0, 0.05) is 24.7 Å². The zero-order valence-electron chi connectivity index (χ0n) is 21.6. The maximum Gasteiger partial charge on any atom is 0.318 e. The van der Waals surface area contributed by atoms with Crippen molar-refractivity contribution in [3.05, 3.63) is 102 Å². The average molecular weight is 496 g/mol. The lowest BCUT2D eigenvalue weighted by molar-refractivity contribution is -0.116. The number of rotatable bonds is 9. The summed E-state index contributed by atoms with van der Waals surface area (Å²) in [4.78, 5) is 27.6. The minimum Gasteiger partial charge on any atom is -0.334 e. The molecule has 0 bridgehead atoms. The van der Waals surface area contributed by atoms with Crippen LogP contribution in [0.25, 0.3) is 16.9 Å². The number of hydrogen-bond acceptors (Lipinski definition) is 3. The van der Waals surface area contributed by atoms with Gasteiger partial charge in [-0.15, -0.1) is 0 Å². The van der Waals surface area contributed by atoms with Gasteiger partial charge in [-0.1, -0.05) is 85.3 Å². The third kappa shape index (κ3) is 6.64. The van der Waals surface area contributed by atoms with Crippen molar-refractivity contribution in [2.24, 2.45) is 0 Å². The van der Waals surface area contributed by atoms with Crippen LogP contribution in [0, 0.1) is 13.8 Å². The molecule has 4 rings (SSSR count). The Morgan fingerprint density at radius 1 is 0.919 bits per heavy atom. The van der Waals surface area contributed by atoms with E-state index >= 15 is 0 Å². The summed E-state index contributed by atoms with van der Waals surface area (Å²) in [5.74, 6) is 0.269. The highest BCUT2D eigenvalue weighted by molar-refractivity contribution is 5.94. The molecule has 7 nitrogen and oxygen atoms in total. The number of urea groups is 1. The lowest BCUT2D eigenvalue weighted by Gasteiger charge is -2.22. The molecule has 7 heteroatoms. The monoisotopic (exact) mass is 495 g/mol. The summed E-state index contributed by atoms with van der Waals surface area (Å²) in [6, 6.07) is 27.3. The van der Waals surface area contributed by atoms with Crippen LogP contribution in [0.15, 0.2) is 84.9 Å². The number of nitrogens with zero attached hydrogens (tertiary/aromatic N) is 3. The number of carbonyl (C=O) groups is 2. The zero-order valence-corrected chi connectivity index (χ0v) is 21.6. The van der Waals surface area contributed by atoms with Gasteiger partial charge in [0.25, 0.3) is 0 Å². The molecule has 0 aliphatic heterocycles. The topological polar surface area (TPSA) is 79.3 Å². The van der Waals surface area contributed by atoms with E-state index in [2.05, 4.69) is 16.7 Å². The van der Waals surface area contributed by atoms with Gasteiger partial charge in [-0.05, 0) is 37.5 Å². The lowest BCUT2D eigenvalue weighted by Crippen LogP contribution is -2.44. The van der Waals surface area contributed by atoms with Gasteiger partial charge >= 0.3 is 6.03 Å². The van der Waals surface area contributed by atoms with E-state index in [1.807, 2.05) is 99.6 Å². The van der Waals surface area contributed by atoms with E-state index in [1.54, 1.807) is 4.68 Å². The van der Waals surface area contributed by atoms with Crippen molar-refractivity contribution in [2.75, 3.05) is 18.4 Å². The first-order valence-corrected chi connectivity index (χ1v) is 12.5. The van der Waals surface area contributed by atoms with E-state index in [4.69, 9.17) is 5.10 Å². The molecule has 0 saturated carbocycles. The molecule has 4 aromatic rings. The van der Waals surface area contributed by atoms with Crippen molar-refractivity contribution >= 4 is 17.8 Å². The SMILES string of the molecule is CCCN(CC(=O)Nc1cc(-c2ccccc2)nn1-c1ccc(C)cc1C)C(=O)NCc1ccccc1. The van der Waals surface area contributed by atoms with Gasteiger partial charge in [-0.25, -0.2) is 9.48 Å². The summed E-state index contributed by atoms with van der Waals surface area (Å²) in [7, 11) is 0. The van der Waals surface area contributed by atoms with Crippen LogP contribution in [0.2, 0.25) is 0 Å². The summed E-state index contributed by atoms with van der Waals surface area (Å²) in [6.07, 6.45) is 0.741. The number of anilines is 1. The minimum atomic E-state index is -0.283. The van der Waals surface area contributed by atoms with Crippen LogP contribution in [0.1, 0.15) is 30.0 Å². The van der Waals surface area contributed by atoms with E-state index in [-0.39, 0.29) is 18.5 Å². The quantitative estimate of drug-likeness (QED) is 0.312. The van der Waals surface area contributed by atoms with Gasteiger partial charge in [0.15, 0.2) is 0 Å². The minimum absolute atomic E-state index is 0.0623. The van der Waals surface area contributed by atoms with Crippen molar-refractivity contribution in [3.63, 3.8) is 0 Å². The molecule has 1 aromatic heterocycles. The van der Waals surface area contributed by atoms with Crippen molar-refractivity contribution < 1.29 is 9.59 Å². The highest BCUT2D eigenvalue weighted by Gasteiger charge is 2.19. The largest absolute Gasteiger partial charge is 0.334 e. The second-order valence-corrected chi connectivity index (χ2v) is 9.10.